The van der Waals surface area contributed by atoms with Crippen LogP contribution in [0.15, 0.2) is 63.2 Å². The Balaban J connectivity index is 1.72. The Morgan fingerprint density at radius 2 is 1.70 bits per heavy atom. The van der Waals surface area contributed by atoms with E-state index in [9.17, 15) is 9.59 Å². The van der Waals surface area contributed by atoms with Crippen molar-refractivity contribution in [1.29, 1.82) is 0 Å². The molecular weight excluding hydrogens is 362 g/mol. The number of pyridine rings is 1. The molecule has 0 bridgehead atoms. The van der Waals surface area contributed by atoms with Gasteiger partial charge in [-0.2, -0.15) is 0 Å². The normalized spacial score (nSPS) is 10.5. The molecule has 0 aliphatic heterocycles. The van der Waals surface area contributed by atoms with Crippen molar-refractivity contribution in [3.63, 3.8) is 0 Å². The number of furan rings is 1. The molecule has 0 unspecified atom stereocenters. The van der Waals surface area contributed by atoms with Crippen LogP contribution in [0.4, 0.5) is 0 Å². The lowest BCUT2D eigenvalue weighted by Crippen LogP contribution is -2.41. The van der Waals surface area contributed by atoms with Crippen LogP contribution in [0.2, 0.25) is 0 Å². The van der Waals surface area contributed by atoms with E-state index in [2.05, 4.69) is 21.9 Å². The predicted octanol–water partition coefficient (Wildman–Crippen LogP) is 3.83. The van der Waals surface area contributed by atoms with Crippen LogP contribution in [0.5, 0.6) is 0 Å². The smallest absolute Gasteiger partial charge is 0.273 e. The van der Waals surface area contributed by atoms with Crippen LogP contribution in [0, 0.1) is 20.8 Å². The first-order chi connectivity index (χ1) is 13.0. The van der Waals surface area contributed by atoms with Crippen LogP contribution in [-0.2, 0) is 0 Å². The lowest BCUT2D eigenvalue weighted by Gasteiger charge is -2.10. The van der Waals surface area contributed by atoms with Gasteiger partial charge < -0.3 is 4.42 Å². The van der Waals surface area contributed by atoms with Gasteiger partial charge in [-0.1, -0.05) is 17.8 Å². The number of carbonyl (C=O) groups excluding carboxylic acids is 2. The van der Waals surface area contributed by atoms with E-state index >= 15 is 0 Å². The molecule has 2 amide bonds. The number of aryl methyl sites for hydroxylation is 3. The Morgan fingerprint density at radius 1 is 0.963 bits per heavy atom. The van der Waals surface area contributed by atoms with Crippen LogP contribution in [0.25, 0.3) is 0 Å². The molecule has 2 aromatic heterocycles. The summed E-state index contributed by atoms with van der Waals surface area (Å²) in [5.74, 6) is -0.403. The molecule has 0 saturated heterocycles. The standard InChI is InChI=1S/C20H19N3O3S/c1-12-6-7-15(11-13(12)2)27-20-17(5-4-9-21-20)19(25)23-22-18(24)16-8-10-26-14(16)3/h4-11H,1-3H3,(H,22,24)(H,23,25). The highest BCUT2D eigenvalue weighted by molar-refractivity contribution is 7.99. The zero-order chi connectivity index (χ0) is 19.4. The minimum Gasteiger partial charge on any atom is -0.469 e. The highest BCUT2D eigenvalue weighted by Crippen LogP contribution is 2.29. The number of aromatic nitrogens is 1. The van der Waals surface area contributed by atoms with Gasteiger partial charge in [0.1, 0.15) is 10.8 Å². The molecule has 7 heteroatoms. The van der Waals surface area contributed by atoms with Crippen molar-refractivity contribution in [3.05, 3.63) is 76.9 Å². The van der Waals surface area contributed by atoms with Crippen molar-refractivity contribution in [1.82, 2.24) is 15.8 Å². The van der Waals surface area contributed by atoms with Crippen LogP contribution >= 0.6 is 11.8 Å². The summed E-state index contributed by atoms with van der Waals surface area (Å²) in [5.41, 5.74) is 7.95. The second-order valence-corrected chi connectivity index (χ2v) is 7.07. The van der Waals surface area contributed by atoms with Gasteiger partial charge in [0.05, 0.1) is 17.4 Å². The Labute approximate surface area is 161 Å². The van der Waals surface area contributed by atoms with E-state index < -0.39 is 11.8 Å². The molecule has 0 atom stereocenters. The quantitative estimate of drug-likeness (QED) is 0.671. The summed E-state index contributed by atoms with van der Waals surface area (Å²) in [4.78, 5) is 29.9. The van der Waals surface area contributed by atoms with Gasteiger partial charge in [-0.15, -0.1) is 0 Å². The first-order valence-corrected chi connectivity index (χ1v) is 9.12. The largest absolute Gasteiger partial charge is 0.469 e. The van der Waals surface area contributed by atoms with Crippen LogP contribution in [-0.4, -0.2) is 16.8 Å². The lowest BCUT2D eigenvalue weighted by atomic mass is 10.1. The fourth-order valence-corrected chi connectivity index (χ4v) is 3.38. The maximum Gasteiger partial charge on any atom is 0.273 e. The van der Waals surface area contributed by atoms with Gasteiger partial charge in [0, 0.05) is 11.1 Å². The van der Waals surface area contributed by atoms with Gasteiger partial charge in [-0.05, 0) is 62.2 Å². The first kappa shape index (κ1) is 18.7. The SMILES string of the molecule is Cc1ccc(Sc2ncccc2C(=O)NNC(=O)c2ccoc2C)cc1C. The van der Waals surface area contributed by atoms with Gasteiger partial charge in [-0.3, -0.25) is 20.4 Å². The van der Waals surface area contributed by atoms with Crippen LogP contribution < -0.4 is 10.9 Å². The summed E-state index contributed by atoms with van der Waals surface area (Å²) in [5, 5.41) is 0.562. The second-order valence-electron chi connectivity index (χ2n) is 6.00. The number of hydrogen-bond donors (Lipinski definition) is 2. The molecule has 2 heterocycles. The number of benzene rings is 1. The molecule has 3 aromatic rings. The molecule has 0 radical (unpaired) electrons. The van der Waals surface area contributed by atoms with Gasteiger partial charge in [0.15, 0.2) is 0 Å². The average Bonchev–Trinajstić information content (AvgIpc) is 3.09. The zero-order valence-electron chi connectivity index (χ0n) is 15.2. The molecule has 1 aromatic carbocycles. The number of rotatable bonds is 4. The second kappa shape index (κ2) is 8.09. The predicted molar refractivity (Wildman–Crippen MR) is 103 cm³/mol. The third kappa shape index (κ3) is 4.38. The Morgan fingerprint density at radius 3 is 2.37 bits per heavy atom. The highest BCUT2D eigenvalue weighted by atomic mass is 32.2. The fraction of sp³-hybridized carbons (Fsp3) is 0.150. The van der Waals surface area contributed by atoms with E-state index in [-0.39, 0.29) is 0 Å². The summed E-state index contributed by atoms with van der Waals surface area (Å²) in [6.07, 6.45) is 3.05. The molecule has 6 nitrogen and oxygen atoms in total. The van der Waals surface area contributed by atoms with Crippen molar-refractivity contribution >= 4 is 23.6 Å². The van der Waals surface area contributed by atoms with E-state index in [1.807, 2.05) is 26.0 Å². The number of nitrogens with one attached hydrogen (secondary N) is 2. The Hall–Kier alpha value is -3.06. The molecular formula is C20H19N3O3S. The summed E-state index contributed by atoms with van der Waals surface area (Å²) in [6.45, 7) is 5.77. The fourth-order valence-electron chi connectivity index (χ4n) is 2.40. The van der Waals surface area contributed by atoms with E-state index in [1.54, 1.807) is 31.3 Å². The van der Waals surface area contributed by atoms with Crippen LogP contribution in [0.1, 0.15) is 37.6 Å². The topological polar surface area (TPSA) is 84.2 Å². The van der Waals surface area contributed by atoms with Gasteiger partial charge >= 0.3 is 0 Å². The van der Waals surface area contributed by atoms with Gasteiger partial charge in [0.25, 0.3) is 11.8 Å². The average molecular weight is 381 g/mol. The maximum absolute atomic E-state index is 12.5. The van der Waals surface area contributed by atoms with Crippen molar-refractivity contribution in [2.24, 2.45) is 0 Å². The van der Waals surface area contributed by atoms with Gasteiger partial charge in [-0.25, -0.2) is 4.98 Å². The maximum atomic E-state index is 12.5. The van der Waals surface area contributed by atoms with Crippen molar-refractivity contribution < 1.29 is 14.0 Å². The Bertz CT molecular complexity index is 998. The lowest BCUT2D eigenvalue weighted by molar-refractivity contribution is 0.0843. The summed E-state index contributed by atoms with van der Waals surface area (Å²) >= 11 is 1.40. The third-order valence-corrected chi connectivity index (χ3v) is 5.11. The Kier molecular flexibility index (Phi) is 5.61. The van der Waals surface area contributed by atoms with Crippen molar-refractivity contribution in [3.8, 4) is 0 Å². The molecule has 0 aliphatic carbocycles. The molecule has 0 fully saturated rings. The van der Waals surface area contributed by atoms with Crippen molar-refractivity contribution in [2.75, 3.05) is 0 Å². The van der Waals surface area contributed by atoms with E-state index in [4.69, 9.17) is 4.42 Å². The van der Waals surface area contributed by atoms with Crippen LogP contribution in [0.3, 0.4) is 0 Å². The molecule has 0 aliphatic rings. The molecule has 0 spiro atoms. The zero-order valence-corrected chi connectivity index (χ0v) is 16.0. The number of carbonyl (C=O) groups is 2. The molecule has 3 rings (SSSR count). The molecule has 2 N–H and O–H groups in total. The summed E-state index contributed by atoms with van der Waals surface area (Å²) < 4.78 is 5.09. The number of hydrogen-bond acceptors (Lipinski definition) is 5. The minimum atomic E-state index is -0.443. The first-order valence-electron chi connectivity index (χ1n) is 8.30. The van der Waals surface area contributed by atoms with E-state index in [0.717, 1.165) is 4.90 Å². The summed E-state index contributed by atoms with van der Waals surface area (Å²) in [7, 11) is 0. The van der Waals surface area contributed by atoms with Gasteiger partial charge in [0.2, 0.25) is 0 Å². The number of amides is 2. The molecule has 138 valence electrons. The molecule has 27 heavy (non-hydrogen) atoms. The molecule has 0 saturated carbocycles. The highest BCUT2D eigenvalue weighted by Gasteiger charge is 2.16. The minimum absolute atomic E-state index is 0.367. The van der Waals surface area contributed by atoms with E-state index in [0.29, 0.717) is 21.9 Å². The number of nitrogens with zero attached hydrogens (tertiary/aromatic N) is 1. The van der Waals surface area contributed by atoms with E-state index in [1.165, 1.54) is 29.2 Å². The monoisotopic (exact) mass is 381 g/mol. The summed E-state index contributed by atoms with van der Waals surface area (Å²) in [6, 6.07) is 11.0. The van der Waals surface area contributed by atoms with Crippen molar-refractivity contribution in [2.45, 2.75) is 30.7 Å². The third-order valence-electron chi connectivity index (χ3n) is 4.10. The number of hydrazine groups is 1.